The van der Waals surface area contributed by atoms with Crippen molar-refractivity contribution in [3.63, 3.8) is 0 Å². The molecule has 2 atom stereocenters. The molecule has 1 aromatic rings. The summed E-state index contributed by atoms with van der Waals surface area (Å²) in [6, 6.07) is 9.64. The lowest BCUT2D eigenvalue weighted by Gasteiger charge is -2.32. The molecule has 0 saturated carbocycles. The second-order valence-corrected chi connectivity index (χ2v) is 6.34. The summed E-state index contributed by atoms with van der Waals surface area (Å²) in [5.74, 6) is -0.122. The lowest BCUT2D eigenvalue weighted by atomic mass is 9.68. The first-order valence-corrected chi connectivity index (χ1v) is 6.83. The average molecular weight is 262 g/mol. The highest BCUT2D eigenvalue weighted by Crippen LogP contribution is 2.42. The number of aliphatic hydroxyl groups is 1. The highest BCUT2D eigenvalue weighted by Gasteiger charge is 2.53. The number of hydrogen-bond acceptors (Lipinski definition) is 3. The van der Waals surface area contributed by atoms with Gasteiger partial charge in [-0.1, -0.05) is 37.3 Å². The summed E-state index contributed by atoms with van der Waals surface area (Å²) in [4.78, 5) is 0. The van der Waals surface area contributed by atoms with Crippen LogP contribution in [0, 0.1) is 0 Å². The summed E-state index contributed by atoms with van der Waals surface area (Å²) in [7, 11) is -0.389. The van der Waals surface area contributed by atoms with Crippen molar-refractivity contribution in [2.45, 2.75) is 57.7 Å². The van der Waals surface area contributed by atoms with Crippen molar-refractivity contribution in [3.05, 3.63) is 35.9 Å². The zero-order valence-corrected chi connectivity index (χ0v) is 12.4. The van der Waals surface area contributed by atoms with Gasteiger partial charge < -0.3 is 14.4 Å². The zero-order valence-electron chi connectivity index (χ0n) is 12.4. The third kappa shape index (κ3) is 2.71. The summed E-state index contributed by atoms with van der Waals surface area (Å²) in [5, 5.41) is 10.4. The van der Waals surface area contributed by atoms with Gasteiger partial charge in [-0.2, -0.15) is 0 Å². The van der Waals surface area contributed by atoms with E-state index in [9.17, 15) is 5.11 Å². The molecule has 2 unspecified atom stereocenters. The molecule has 1 N–H and O–H groups in total. The molecule has 0 bridgehead atoms. The fourth-order valence-corrected chi connectivity index (χ4v) is 2.21. The highest BCUT2D eigenvalue weighted by molar-refractivity contribution is 6.47. The maximum absolute atomic E-state index is 10.4. The Hall–Kier alpha value is -0.835. The summed E-state index contributed by atoms with van der Waals surface area (Å²) in [6.07, 6.45) is -0.587. The second kappa shape index (κ2) is 4.93. The molecule has 19 heavy (non-hydrogen) atoms. The topological polar surface area (TPSA) is 38.7 Å². The van der Waals surface area contributed by atoms with Crippen LogP contribution in [0.4, 0.5) is 0 Å². The van der Waals surface area contributed by atoms with Crippen molar-refractivity contribution < 1.29 is 14.4 Å². The maximum Gasteiger partial charge on any atom is 0.463 e. The fraction of sp³-hybridized carbons (Fsp3) is 0.600. The minimum atomic E-state index is -0.587. The van der Waals surface area contributed by atoms with Gasteiger partial charge >= 0.3 is 7.12 Å². The molecule has 4 heteroatoms. The molecule has 0 radical (unpaired) electrons. The van der Waals surface area contributed by atoms with Crippen LogP contribution in [0.25, 0.3) is 0 Å². The molecule has 0 aromatic heterocycles. The van der Waals surface area contributed by atoms with E-state index in [-0.39, 0.29) is 24.1 Å². The van der Waals surface area contributed by atoms with Gasteiger partial charge in [-0.15, -0.1) is 0 Å². The van der Waals surface area contributed by atoms with Crippen molar-refractivity contribution in [2.24, 2.45) is 0 Å². The average Bonchev–Trinajstić information content (AvgIpc) is 2.58. The molecule has 3 nitrogen and oxygen atoms in total. The summed E-state index contributed by atoms with van der Waals surface area (Å²) < 4.78 is 12.0. The van der Waals surface area contributed by atoms with E-state index in [2.05, 4.69) is 0 Å². The molecule has 104 valence electrons. The Labute approximate surface area is 116 Å². The first-order valence-electron chi connectivity index (χ1n) is 6.83. The zero-order chi connectivity index (χ0) is 14.3. The predicted octanol–water partition coefficient (Wildman–Crippen LogP) is 3.20. The molecule has 0 spiro atoms. The van der Waals surface area contributed by atoms with Gasteiger partial charge in [-0.05, 0) is 33.3 Å². The summed E-state index contributed by atoms with van der Waals surface area (Å²) in [5.41, 5.74) is 0.176. The van der Waals surface area contributed by atoms with Gasteiger partial charge in [-0.3, -0.25) is 0 Å². The normalized spacial score (nSPS) is 24.2. The lowest BCUT2D eigenvalue weighted by Crippen LogP contribution is -2.41. The highest BCUT2D eigenvalue weighted by atomic mass is 16.7. The molecule has 1 heterocycles. The van der Waals surface area contributed by atoms with Gasteiger partial charge in [0.2, 0.25) is 0 Å². The van der Waals surface area contributed by atoms with Crippen molar-refractivity contribution in [1.82, 2.24) is 0 Å². The van der Waals surface area contributed by atoms with E-state index in [1.165, 1.54) is 0 Å². The van der Waals surface area contributed by atoms with E-state index in [0.29, 0.717) is 0 Å². The number of aliphatic hydroxyl groups excluding tert-OH is 1. The first kappa shape index (κ1) is 14.6. The quantitative estimate of drug-likeness (QED) is 0.850. The molecule has 2 rings (SSSR count). The minimum Gasteiger partial charge on any atom is -0.403 e. The van der Waals surface area contributed by atoms with Gasteiger partial charge in [0.25, 0.3) is 0 Å². The number of benzene rings is 1. The maximum atomic E-state index is 10.4. The summed E-state index contributed by atoms with van der Waals surface area (Å²) >= 11 is 0. The van der Waals surface area contributed by atoms with Crippen LogP contribution in [-0.4, -0.2) is 23.4 Å². The van der Waals surface area contributed by atoms with Crippen LogP contribution in [0.3, 0.4) is 0 Å². The van der Waals surface area contributed by atoms with Gasteiger partial charge in [0, 0.05) is 5.82 Å². The molecule has 1 saturated heterocycles. The summed E-state index contributed by atoms with van der Waals surface area (Å²) in [6.45, 7) is 10.0. The Kier molecular flexibility index (Phi) is 3.78. The van der Waals surface area contributed by atoms with Gasteiger partial charge in [-0.25, -0.2) is 0 Å². The third-order valence-electron chi connectivity index (χ3n) is 4.34. The van der Waals surface area contributed by atoms with E-state index in [1.54, 1.807) is 0 Å². The number of hydrogen-bond donors (Lipinski definition) is 1. The fourth-order valence-electron chi connectivity index (χ4n) is 2.21. The van der Waals surface area contributed by atoms with Crippen LogP contribution in [0.5, 0.6) is 0 Å². The van der Waals surface area contributed by atoms with E-state index >= 15 is 0 Å². The van der Waals surface area contributed by atoms with Crippen LogP contribution in [0.15, 0.2) is 30.3 Å². The Morgan fingerprint density at radius 2 is 1.47 bits per heavy atom. The van der Waals surface area contributed by atoms with E-state index < -0.39 is 6.10 Å². The lowest BCUT2D eigenvalue weighted by molar-refractivity contribution is 0.00578. The first-order chi connectivity index (χ1) is 8.74. The van der Waals surface area contributed by atoms with Gasteiger partial charge in [0.1, 0.15) is 0 Å². The van der Waals surface area contributed by atoms with Crippen molar-refractivity contribution in [3.8, 4) is 0 Å². The molecular weight excluding hydrogens is 239 g/mol. The minimum absolute atomic E-state index is 0.122. The van der Waals surface area contributed by atoms with E-state index in [4.69, 9.17) is 9.31 Å². The third-order valence-corrected chi connectivity index (χ3v) is 4.34. The smallest absolute Gasteiger partial charge is 0.403 e. The van der Waals surface area contributed by atoms with Crippen LogP contribution in [-0.2, 0) is 9.31 Å². The van der Waals surface area contributed by atoms with Crippen LogP contribution in [0.2, 0.25) is 5.82 Å². The monoisotopic (exact) mass is 262 g/mol. The molecule has 1 aliphatic heterocycles. The largest absolute Gasteiger partial charge is 0.463 e. The molecule has 1 aromatic carbocycles. The van der Waals surface area contributed by atoms with Gasteiger partial charge in [0.05, 0.1) is 17.3 Å². The second-order valence-electron chi connectivity index (χ2n) is 6.34. The Bertz CT molecular complexity index is 414. The Morgan fingerprint density at radius 1 is 1.00 bits per heavy atom. The SMILES string of the molecule is CC(B1OC(C)(C)C(C)(C)O1)C(O)c1ccccc1. The van der Waals surface area contributed by atoms with E-state index in [0.717, 1.165) is 5.56 Å². The van der Waals surface area contributed by atoms with Crippen LogP contribution in [0.1, 0.15) is 46.3 Å². The van der Waals surface area contributed by atoms with Crippen LogP contribution >= 0.6 is 0 Å². The van der Waals surface area contributed by atoms with Crippen LogP contribution < -0.4 is 0 Å². The van der Waals surface area contributed by atoms with Crippen molar-refractivity contribution in [2.75, 3.05) is 0 Å². The van der Waals surface area contributed by atoms with Crippen molar-refractivity contribution in [1.29, 1.82) is 0 Å². The van der Waals surface area contributed by atoms with Gasteiger partial charge in [0.15, 0.2) is 0 Å². The molecule has 1 aliphatic rings. The Balaban J connectivity index is 2.12. The molecule has 0 amide bonds. The Morgan fingerprint density at radius 3 is 1.95 bits per heavy atom. The molecule has 1 fully saturated rings. The molecular formula is C15H23BO3. The molecule has 0 aliphatic carbocycles. The number of rotatable bonds is 3. The predicted molar refractivity (Wildman–Crippen MR) is 76.9 cm³/mol. The standard InChI is InChI=1S/C15H23BO3/c1-11(13(17)12-9-7-6-8-10-12)16-18-14(2,3)15(4,5)19-16/h6-11,13,17H,1-5H3. The van der Waals surface area contributed by atoms with E-state index in [1.807, 2.05) is 65.0 Å². The van der Waals surface area contributed by atoms with Crippen molar-refractivity contribution >= 4 is 7.12 Å².